The van der Waals surface area contributed by atoms with E-state index >= 15 is 0 Å². The van der Waals surface area contributed by atoms with Gasteiger partial charge in [0.05, 0.1) is 11.3 Å². The number of amides is 1. The zero-order valence-corrected chi connectivity index (χ0v) is 23.9. The second kappa shape index (κ2) is 11.5. The highest BCUT2D eigenvalue weighted by Crippen LogP contribution is 2.36. The molecule has 0 saturated carbocycles. The summed E-state index contributed by atoms with van der Waals surface area (Å²) < 4.78 is 0. The molecule has 2 aliphatic rings. The molecule has 5 aromatic carbocycles. The smallest absolute Gasteiger partial charge is 0.357 e. The summed E-state index contributed by atoms with van der Waals surface area (Å²) >= 11 is 0. The van der Waals surface area contributed by atoms with Crippen LogP contribution in [0.4, 0.5) is 17.1 Å². The third-order valence-corrected chi connectivity index (χ3v) is 8.12. The maximum Gasteiger partial charge on any atom is 0.357 e. The Morgan fingerprint density at radius 2 is 1.30 bits per heavy atom. The van der Waals surface area contributed by atoms with E-state index in [9.17, 15) is 14.7 Å². The van der Waals surface area contributed by atoms with Crippen LogP contribution in [0, 0.1) is 0 Å². The summed E-state index contributed by atoms with van der Waals surface area (Å²) in [4.78, 5) is 27.5. The molecule has 5 aromatic rings. The normalized spacial score (nSPS) is 15.3. The quantitative estimate of drug-likeness (QED) is 0.208. The first-order valence-electron chi connectivity index (χ1n) is 14.6. The SMILES string of the molecule is O=C(O)C1=NN(c2ccccc2)C(=O)/C1=C\c1ccc2c(c1)CCCN2c1ccc(-c2ccc(-c3ccccc3)cc2)cc1. The van der Waals surface area contributed by atoms with Crippen molar-refractivity contribution in [3.8, 4) is 22.3 Å². The van der Waals surface area contributed by atoms with Crippen LogP contribution in [0.3, 0.4) is 0 Å². The van der Waals surface area contributed by atoms with E-state index in [1.807, 2.05) is 18.2 Å². The molecule has 0 radical (unpaired) electrons. The molecule has 44 heavy (non-hydrogen) atoms. The van der Waals surface area contributed by atoms with E-state index in [2.05, 4.69) is 94.9 Å². The van der Waals surface area contributed by atoms with Crippen molar-refractivity contribution < 1.29 is 14.7 Å². The van der Waals surface area contributed by atoms with Crippen molar-refractivity contribution in [1.82, 2.24) is 0 Å². The number of carbonyl (C=O) groups excluding carboxylic acids is 1. The van der Waals surface area contributed by atoms with Gasteiger partial charge in [0.1, 0.15) is 0 Å². The summed E-state index contributed by atoms with van der Waals surface area (Å²) in [5, 5.41) is 15.1. The van der Waals surface area contributed by atoms with Crippen LogP contribution >= 0.6 is 0 Å². The Kier molecular flexibility index (Phi) is 7.08. The summed E-state index contributed by atoms with van der Waals surface area (Å²) in [6.45, 7) is 0.902. The first-order chi connectivity index (χ1) is 21.5. The van der Waals surface area contributed by atoms with Gasteiger partial charge >= 0.3 is 5.97 Å². The molecule has 0 bridgehead atoms. The second-order valence-corrected chi connectivity index (χ2v) is 10.9. The average molecular weight is 576 g/mol. The highest BCUT2D eigenvalue weighted by molar-refractivity contribution is 6.53. The number of hydrazone groups is 1. The van der Waals surface area contributed by atoms with E-state index in [1.54, 1.807) is 30.3 Å². The Morgan fingerprint density at radius 3 is 1.93 bits per heavy atom. The fourth-order valence-corrected chi connectivity index (χ4v) is 5.91. The molecular weight excluding hydrogens is 546 g/mol. The number of nitrogens with zero attached hydrogens (tertiary/aromatic N) is 3. The van der Waals surface area contributed by atoms with Gasteiger partial charge in [0.15, 0.2) is 5.71 Å². The van der Waals surface area contributed by atoms with E-state index in [1.165, 1.54) is 16.7 Å². The maximum atomic E-state index is 13.2. The summed E-state index contributed by atoms with van der Waals surface area (Å²) in [6, 6.07) is 42.6. The van der Waals surface area contributed by atoms with Gasteiger partial charge in [-0.05, 0) is 88.7 Å². The number of hydrogen-bond acceptors (Lipinski definition) is 4. The molecule has 7 rings (SSSR count). The van der Waals surface area contributed by atoms with Crippen molar-refractivity contribution in [2.24, 2.45) is 5.10 Å². The van der Waals surface area contributed by atoms with Gasteiger partial charge in [0.25, 0.3) is 5.91 Å². The number of benzene rings is 5. The zero-order chi connectivity index (χ0) is 30.0. The standard InChI is InChI=1S/C38H29N3O3/c42-37-34(36(38(43)44)39-41(37)33-11-5-2-6-12-33)25-26-13-22-35-31(24-26)10-7-23-40(35)32-20-18-30(19-21-32)29-16-14-28(15-17-29)27-8-3-1-4-9-27/h1-6,8-9,11-22,24-25H,7,10,23H2,(H,43,44)/b34-25-. The number of para-hydroxylation sites is 1. The van der Waals surface area contributed by atoms with Crippen molar-refractivity contribution >= 4 is 40.7 Å². The molecule has 0 unspecified atom stereocenters. The molecule has 2 aliphatic heterocycles. The van der Waals surface area contributed by atoms with E-state index in [0.717, 1.165) is 52.5 Å². The third-order valence-electron chi connectivity index (χ3n) is 8.12. The lowest BCUT2D eigenvalue weighted by molar-refractivity contribution is -0.129. The lowest BCUT2D eigenvalue weighted by Crippen LogP contribution is -2.24. The number of carboxylic acid groups (broad SMARTS) is 1. The first kappa shape index (κ1) is 27.1. The molecule has 0 spiro atoms. The topological polar surface area (TPSA) is 73.2 Å². The maximum absolute atomic E-state index is 13.2. The van der Waals surface area contributed by atoms with Crippen molar-refractivity contribution in [3.63, 3.8) is 0 Å². The predicted molar refractivity (Wildman–Crippen MR) is 176 cm³/mol. The van der Waals surface area contributed by atoms with E-state index < -0.39 is 11.9 Å². The van der Waals surface area contributed by atoms with Crippen molar-refractivity contribution in [2.45, 2.75) is 12.8 Å². The highest BCUT2D eigenvalue weighted by atomic mass is 16.4. The van der Waals surface area contributed by atoms with E-state index in [4.69, 9.17) is 0 Å². The minimum absolute atomic E-state index is 0.0707. The second-order valence-electron chi connectivity index (χ2n) is 10.9. The molecule has 0 saturated heterocycles. The Labute approximate surface area is 255 Å². The van der Waals surface area contributed by atoms with Crippen molar-refractivity contribution in [1.29, 1.82) is 0 Å². The molecule has 0 fully saturated rings. The minimum Gasteiger partial charge on any atom is -0.476 e. The zero-order valence-electron chi connectivity index (χ0n) is 23.9. The number of carboxylic acids is 1. The summed E-state index contributed by atoms with van der Waals surface area (Å²) in [5.41, 5.74) is 9.24. The molecule has 2 heterocycles. The Morgan fingerprint density at radius 1 is 0.705 bits per heavy atom. The van der Waals surface area contributed by atoms with E-state index in [-0.39, 0.29) is 11.3 Å². The van der Waals surface area contributed by atoms with Crippen LogP contribution in [0.2, 0.25) is 0 Å². The number of carbonyl (C=O) groups is 2. The van der Waals surface area contributed by atoms with Gasteiger partial charge in [0.2, 0.25) is 0 Å². The van der Waals surface area contributed by atoms with Crippen LogP contribution in [0.5, 0.6) is 0 Å². The summed E-state index contributed by atoms with van der Waals surface area (Å²) in [5.74, 6) is -1.69. The molecule has 6 heteroatoms. The molecule has 0 aliphatic carbocycles. The van der Waals surface area contributed by atoms with Crippen LogP contribution < -0.4 is 9.91 Å². The van der Waals surface area contributed by atoms with Gasteiger partial charge in [-0.25, -0.2) is 4.79 Å². The molecule has 214 valence electrons. The van der Waals surface area contributed by atoms with Crippen LogP contribution in [0.15, 0.2) is 138 Å². The Bertz CT molecular complexity index is 1910. The molecule has 0 aromatic heterocycles. The molecule has 1 amide bonds. The molecule has 0 atom stereocenters. The van der Waals surface area contributed by atoms with Crippen LogP contribution in [-0.4, -0.2) is 29.2 Å². The van der Waals surface area contributed by atoms with Gasteiger partial charge in [0, 0.05) is 17.9 Å². The van der Waals surface area contributed by atoms with Crippen molar-refractivity contribution in [3.05, 3.63) is 144 Å². The third kappa shape index (κ3) is 5.18. The minimum atomic E-state index is -1.23. The van der Waals surface area contributed by atoms with Gasteiger partial charge < -0.3 is 10.0 Å². The first-order valence-corrected chi connectivity index (χ1v) is 14.6. The Balaban J connectivity index is 1.13. The van der Waals surface area contributed by atoms with Gasteiger partial charge in [-0.3, -0.25) is 4.79 Å². The van der Waals surface area contributed by atoms with Crippen molar-refractivity contribution in [2.75, 3.05) is 16.5 Å². The molecule has 1 N–H and O–H groups in total. The number of anilines is 3. The monoisotopic (exact) mass is 575 g/mol. The number of aliphatic carboxylic acids is 1. The number of hydrogen-bond donors (Lipinski definition) is 1. The summed E-state index contributed by atoms with van der Waals surface area (Å²) in [7, 11) is 0. The lowest BCUT2D eigenvalue weighted by Gasteiger charge is -2.32. The predicted octanol–water partition coefficient (Wildman–Crippen LogP) is 7.98. The molecular formula is C38H29N3O3. The van der Waals surface area contributed by atoms with Gasteiger partial charge in [-0.2, -0.15) is 10.1 Å². The fraction of sp³-hybridized carbons (Fsp3) is 0.0789. The lowest BCUT2D eigenvalue weighted by atomic mass is 9.96. The highest BCUT2D eigenvalue weighted by Gasteiger charge is 2.35. The number of fused-ring (bicyclic) bond motifs is 1. The fourth-order valence-electron chi connectivity index (χ4n) is 5.91. The largest absolute Gasteiger partial charge is 0.476 e. The van der Waals surface area contributed by atoms with Gasteiger partial charge in [-0.15, -0.1) is 0 Å². The number of aryl methyl sites for hydroxylation is 1. The summed E-state index contributed by atoms with van der Waals surface area (Å²) in [6.07, 6.45) is 3.52. The van der Waals surface area contributed by atoms with Crippen LogP contribution in [0.25, 0.3) is 28.3 Å². The van der Waals surface area contributed by atoms with Crippen LogP contribution in [-0.2, 0) is 16.0 Å². The molecule has 6 nitrogen and oxygen atoms in total. The van der Waals surface area contributed by atoms with E-state index in [0.29, 0.717) is 5.69 Å². The Hall–Kier alpha value is -5.75. The number of rotatable bonds is 6. The van der Waals surface area contributed by atoms with Crippen LogP contribution in [0.1, 0.15) is 17.5 Å². The average Bonchev–Trinajstić information content (AvgIpc) is 3.41. The van der Waals surface area contributed by atoms with Gasteiger partial charge in [-0.1, -0.05) is 91.0 Å².